The molecule has 0 radical (unpaired) electrons. The van der Waals surface area contributed by atoms with E-state index >= 15 is 0 Å². The lowest BCUT2D eigenvalue weighted by Crippen LogP contribution is -2.31. The first-order valence-electron chi connectivity index (χ1n) is 7.33. The van der Waals surface area contributed by atoms with Gasteiger partial charge in [-0.05, 0) is 26.5 Å². The molecule has 2 aromatic heterocycles. The van der Waals surface area contributed by atoms with E-state index < -0.39 is 0 Å². The Balaban J connectivity index is 2.03. The second-order valence-electron chi connectivity index (χ2n) is 4.56. The topological polar surface area (TPSA) is 57.3 Å². The number of rotatable bonds is 8. The molecule has 0 aliphatic rings. The molecule has 2 rings (SSSR count). The van der Waals surface area contributed by atoms with Crippen molar-refractivity contribution in [1.82, 2.24) is 15.6 Å². The van der Waals surface area contributed by atoms with E-state index in [2.05, 4.69) is 34.4 Å². The van der Waals surface area contributed by atoms with Crippen LogP contribution in [0.25, 0.3) is 9.53 Å². The summed E-state index contributed by atoms with van der Waals surface area (Å²) in [4.78, 5) is 20.6. The fourth-order valence-corrected chi connectivity index (χ4v) is 4.25. The molecule has 0 bridgehead atoms. The van der Waals surface area contributed by atoms with Crippen LogP contribution < -0.4 is 15.5 Å². The number of amides is 1. The predicted octanol–water partition coefficient (Wildman–Crippen LogP) is 2.54. The molecule has 2 N–H and O–H groups in total. The summed E-state index contributed by atoms with van der Waals surface area (Å²) in [7, 11) is 0. The molecule has 0 saturated carbocycles. The highest BCUT2D eigenvalue weighted by Crippen LogP contribution is 2.34. The highest BCUT2D eigenvalue weighted by Gasteiger charge is 2.15. The van der Waals surface area contributed by atoms with Crippen molar-refractivity contribution in [2.45, 2.75) is 20.8 Å². The number of hydrogen-bond acceptors (Lipinski definition) is 6. The smallest absolute Gasteiger partial charge is 0.261 e. The van der Waals surface area contributed by atoms with E-state index in [1.807, 2.05) is 13.0 Å². The van der Waals surface area contributed by atoms with Gasteiger partial charge in [0.15, 0.2) is 5.13 Å². The number of carbonyl (C=O) groups is 1. The summed E-state index contributed by atoms with van der Waals surface area (Å²) in [5.74, 6) is -0.00695. The van der Waals surface area contributed by atoms with Crippen molar-refractivity contribution in [3.8, 4) is 0 Å². The molecule has 0 spiro atoms. The lowest BCUT2D eigenvalue weighted by molar-refractivity contribution is 0.0958. The monoisotopic (exact) mass is 326 g/mol. The molecule has 5 nitrogen and oxygen atoms in total. The standard InChI is InChI=1S/C14H22N4OS2/c1-4-15-7-8-16-12(19)10-9-11-13(20-10)17-14(21-11)18(5-2)6-3/h9,15H,4-8H2,1-3H3,(H,16,19). The van der Waals surface area contributed by atoms with Crippen LogP contribution in [0.15, 0.2) is 6.07 Å². The minimum Gasteiger partial charge on any atom is -0.350 e. The predicted molar refractivity (Wildman–Crippen MR) is 91.9 cm³/mol. The molecule has 7 heteroatoms. The number of anilines is 1. The van der Waals surface area contributed by atoms with Gasteiger partial charge in [-0.15, -0.1) is 11.3 Å². The van der Waals surface area contributed by atoms with Crippen molar-refractivity contribution in [2.24, 2.45) is 0 Å². The summed E-state index contributed by atoms with van der Waals surface area (Å²) < 4.78 is 1.10. The summed E-state index contributed by atoms with van der Waals surface area (Å²) >= 11 is 3.13. The number of fused-ring (bicyclic) bond motifs is 1. The molecule has 0 fully saturated rings. The van der Waals surface area contributed by atoms with Crippen LogP contribution in [0.2, 0.25) is 0 Å². The van der Waals surface area contributed by atoms with E-state index in [0.29, 0.717) is 6.54 Å². The van der Waals surface area contributed by atoms with Crippen LogP contribution in [0, 0.1) is 0 Å². The van der Waals surface area contributed by atoms with Crippen molar-refractivity contribution in [2.75, 3.05) is 37.6 Å². The van der Waals surface area contributed by atoms with E-state index in [1.165, 1.54) is 11.3 Å². The average molecular weight is 326 g/mol. The molecule has 2 aromatic rings. The maximum absolute atomic E-state index is 12.0. The van der Waals surface area contributed by atoms with Gasteiger partial charge in [-0.3, -0.25) is 4.79 Å². The Kier molecular flexibility index (Phi) is 5.96. The van der Waals surface area contributed by atoms with Gasteiger partial charge >= 0.3 is 0 Å². The Bertz CT molecular complexity index is 557. The largest absolute Gasteiger partial charge is 0.350 e. The average Bonchev–Trinajstić information content (AvgIpc) is 3.03. The minimum absolute atomic E-state index is 0.00695. The number of thiophene rings is 1. The lowest BCUT2D eigenvalue weighted by Gasteiger charge is -2.16. The quantitative estimate of drug-likeness (QED) is 0.732. The Morgan fingerprint density at radius 3 is 2.62 bits per heavy atom. The highest BCUT2D eigenvalue weighted by molar-refractivity contribution is 7.29. The second-order valence-corrected chi connectivity index (χ2v) is 6.60. The highest BCUT2D eigenvalue weighted by atomic mass is 32.1. The second kappa shape index (κ2) is 7.72. The molecule has 0 aliphatic carbocycles. The summed E-state index contributed by atoms with van der Waals surface area (Å²) in [5.41, 5.74) is 0. The molecule has 1 amide bonds. The zero-order valence-electron chi connectivity index (χ0n) is 12.7. The maximum Gasteiger partial charge on any atom is 0.261 e. The Morgan fingerprint density at radius 2 is 2.00 bits per heavy atom. The van der Waals surface area contributed by atoms with Gasteiger partial charge in [0.1, 0.15) is 4.83 Å². The molecular weight excluding hydrogens is 304 g/mol. The Labute approximate surface area is 133 Å². The molecule has 0 aromatic carbocycles. The van der Waals surface area contributed by atoms with Crippen LogP contribution in [0.5, 0.6) is 0 Å². The molecule has 0 unspecified atom stereocenters. The number of aromatic nitrogens is 1. The van der Waals surface area contributed by atoms with E-state index in [-0.39, 0.29) is 5.91 Å². The van der Waals surface area contributed by atoms with E-state index in [1.54, 1.807) is 11.3 Å². The molecule has 0 saturated heterocycles. The van der Waals surface area contributed by atoms with Crippen LogP contribution in [0.1, 0.15) is 30.4 Å². The van der Waals surface area contributed by atoms with Gasteiger partial charge < -0.3 is 15.5 Å². The summed E-state index contributed by atoms with van der Waals surface area (Å²) in [6.45, 7) is 10.6. The first-order chi connectivity index (χ1) is 10.2. The molecular formula is C14H22N4OS2. The van der Waals surface area contributed by atoms with Crippen LogP contribution in [0.4, 0.5) is 5.13 Å². The number of thiazole rings is 1. The van der Waals surface area contributed by atoms with E-state index in [9.17, 15) is 4.79 Å². The van der Waals surface area contributed by atoms with Gasteiger partial charge in [-0.2, -0.15) is 0 Å². The third-order valence-corrected chi connectivity index (χ3v) is 5.39. The van der Waals surface area contributed by atoms with Gasteiger partial charge in [0.05, 0.1) is 9.58 Å². The fraction of sp³-hybridized carbons (Fsp3) is 0.571. The van der Waals surface area contributed by atoms with Gasteiger partial charge in [0.2, 0.25) is 0 Å². The van der Waals surface area contributed by atoms with Gasteiger partial charge in [-0.25, -0.2) is 4.98 Å². The SMILES string of the molecule is CCNCCNC(=O)c1cc2sc(N(CC)CC)nc2s1. The van der Waals surface area contributed by atoms with E-state index in [4.69, 9.17) is 0 Å². The van der Waals surface area contributed by atoms with Crippen LogP contribution >= 0.6 is 22.7 Å². The first-order valence-corrected chi connectivity index (χ1v) is 8.97. The maximum atomic E-state index is 12.0. The van der Waals surface area contributed by atoms with Crippen molar-refractivity contribution in [1.29, 1.82) is 0 Å². The van der Waals surface area contributed by atoms with Gasteiger partial charge in [-0.1, -0.05) is 18.3 Å². The third kappa shape index (κ3) is 3.93. The van der Waals surface area contributed by atoms with Crippen LogP contribution in [-0.4, -0.2) is 43.6 Å². The number of hydrogen-bond donors (Lipinski definition) is 2. The molecule has 116 valence electrons. The normalized spacial score (nSPS) is 11.0. The third-order valence-electron chi connectivity index (χ3n) is 3.17. The number of carbonyl (C=O) groups excluding carboxylic acids is 1. The molecule has 0 aliphatic heterocycles. The minimum atomic E-state index is -0.00695. The van der Waals surface area contributed by atoms with E-state index in [0.717, 1.165) is 45.7 Å². The van der Waals surface area contributed by atoms with Gasteiger partial charge in [0, 0.05) is 26.2 Å². The number of nitrogens with zero attached hydrogens (tertiary/aromatic N) is 2. The fourth-order valence-electron chi connectivity index (χ4n) is 1.99. The molecule has 0 atom stereocenters. The lowest BCUT2D eigenvalue weighted by atomic mass is 10.4. The Hall–Kier alpha value is -1.18. The molecule has 2 heterocycles. The van der Waals surface area contributed by atoms with Crippen molar-refractivity contribution < 1.29 is 4.79 Å². The number of likely N-dealkylation sites (N-methyl/N-ethyl adjacent to an activating group) is 1. The van der Waals surface area contributed by atoms with Crippen molar-refractivity contribution in [3.05, 3.63) is 10.9 Å². The Morgan fingerprint density at radius 1 is 1.24 bits per heavy atom. The number of nitrogens with one attached hydrogen (secondary N) is 2. The van der Waals surface area contributed by atoms with Crippen LogP contribution in [0.3, 0.4) is 0 Å². The zero-order chi connectivity index (χ0) is 15.2. The van der Waals surface area contributed by atoms with Crippen molar-refractivity contribution in [3.63, 3.8) is 0 Å². The summed E-state index contributed by atoms with van der Waals surface area (Å²) in [6.07, 6.45) is 0. The zero-order valence-corrected chi connectivity index (χ0v) is 14.4. The molecule has 21 heavy (non-hydrogen) atoms. The summed E-state index contributed by atoms with van der Waals surface area (Å²) in [6, 6.07) is 1.95. The van der Waals surface area contributed by atoms with Gasteiger partial charge in [0.25, 0.3) is 5.91 Å². The van der Waals surface area contributed by atoms with Crippen LogP contribution in [-0.2, 0) is 0 Å². The first kappa shape index (κ1) is 16.2. The van der Waals surface area contributed by atoms with Crippen molar-refractivity contribution >= 4 is 43.2 Å². The summed E-state index contributed by atoms with van der Waals surface area (Å²) in [5, 5.41) is 7.14.